The Labute approximate surface area is 216 Å². The summed E-state index contributed by atoms with van der Waals surface area (Å²) in [4.78, 5) is 27.1. The number of piperazine rings is 1. The Hall–Kier alpha value is -1.93. The molecule has 9 heteroatoms. The van der Waals surface area contributed by atoms with Crippen molar-refractivity contribution >= 4 is 34.9 Å². The van der Waals surface area contributed by atoms with Crippen LogP contribution in [0, 0.1) is 0 Å². The Balaban J connectivity index is 1.35. The van der Waals surface area contributed by atoms with Crippen LogP contribution < -0.4 is 10.2 Å². The van der Waals surface area contributed by atoms with Gasteiger partial charge < -0.3 is 20.2 Å². The van der Waals surface area contributed by atoms with Gasteiger partial charge in [0.25, 0.3) is 0 Å². The first-order valence-corrected chi connectivity index (χ1v) is 13.2. The molecular weight excluding hydrogens is 485 g/mol. The van der Waals surface area contributed by atoms with Crippen LogP contribution in [0.5, 0.6) is 0 Å². The van der Waals surface area contributed by atoms with Crippen LogP contribution in [0.15, 0.2) is 24.5 Å². The normalized spacial score (nSPS) is 26.6. The average Bonchev–Trinajstić information content (AvgIpc) is 3.34. The number of aliphatic hydroxyl groups excluding tert-OH is 1. The van der Waals surface area contributed by atoms with E-state index in [0.717, 1.165) is 35.5 Å². The van der Waals surface area contributed by atoms with E-state index in [1.807, 2.05) is 17.0 Å². The molecule has 0 saturated carbocycles. The number of fused-ring (bicyclic) bond motifs is 1. The van der Waals surface area contributed by atoms with Gasteiger partial charge in [0.1, 0.15) is 12.1 Å². The summed E-state index contributed by atoms with van der Waals surface area (Å²) in [5.41, 5.74) is 2.69. The molecule has 2 aliphatic heterocycles. The van der Waals surface area contributed by atoms with Crippen molar-refractivity contribution in [2.75, 3.05) is 31.1 Å². The van der Waals surface area contributed by atoms with Gasteiger partial charge in [-0.3, -0.25) is 4.79 Å². The van der Waals surface area contributed by atoms with Crippen molar-refractivity contribution in [3.05, 3.63) is 51.4 Å². The number of hydrogen-bond donors (Lipinski definition) is 2. The predicted octanol–water partition coefficient (Wildman–Crippen LogP) is 4.29. The van der Waals surface area contributed by atoms with Crippen molar-refractivity contribution in [3.8, 4) is 0 Å². The number of benzene rings is 1. The Kier molecular flexibility index (Phi) is 6.72. The lowest BCUT2D eigenvalue weighted by Gasteiger charge is -2.39. The summed E-state index contributed by atoms with van der Waals surface area (Å²) >= 11 is 12.5. The Morgan fingerprint density at radius 3 is 2.57 bits per heavy atom. The Bertz CT molecular complexity index is 1120. The number of rotatable bonds is 4. The average molecular weight is 518 g/mol. The number of hydrogen-bond acceptors (Lipinski definition) is 6. The first-order chi connectivity index (χ1) is 16.6. The zero-order valence-corrected chi connectivity index (χ0v) is 22.0. The second-order valence-electron chi connectivity index (χ2n) is 10.8. The second-order valence-corrected chi connectivity index (χ2v) is 11.6. The summed E-state index contributed by atoms with van der Waals surface area (Å²) in [6.07, 6.45) is 3.63. The van der Waals surface area contributed by atoms with E-state index in [2.05, 4.69) is 41.0 Å². The van der Waals surface area contributed by atoms with Crippen molar-refractivity contribution in [1.82, 2.24) is 20.2 Å². The summed E-state index contributed by atoms with van der Waals surface area (Å²) < 4.78 is 0. The molecule has 1 aliphatic carbocycles. The standard InChI is InChI=1S/C26H33Cl2N5O2/c1-15-12-20(34)23-21(15)24(30-14-29-23)32-8-10-33(11-9-32)25(35)22(19-6-7-26(2,3)31-19)16-4-5-17(27)18(28)13-16/h4-5,13-15,19-20,22,31,34H,6-12H2,1-3H3/t15-,19+,20-,22+/m1/s1. The van der Waals surface area contributed by atoms with Crippen LogP contribution in [0.25, 0.3) is 0 Å². The third-order valence-electron chi connectivity index (χ3n) is 7.80. The molecule has 2 saturated heterocycles. The van der Waals surface area contributed by atoms with E-state index in [1.165, 1.54) is 0 Å². The molecule has 1 amide bonds. The fraction of sp³-hybridized carbons (Fsp3) is 0.577. The van der Waals surface area contributed by atoms with E-state index >= 15 is 0 Å². The quantitative estimate of drug-likeness (QED) is 0.629. The van der Waals surface area contributed by atoms with Crippen LogP contribution in [0.2, 0.25) is 10.0 Å². The molecule has 0 radical (unpaired) electrons. The molecule has 35 heavy (non-hydrogen) atoms. The smallest absolute Gasteiger partial charge is 0.231 e. The molecule has 0 unspecified atom stereocenters. The molecule has 3 heterocycles. The third-order valence-corrected chi connectivity index (χ3v) is 8.54. The van der Waals surface area contributed by atoms with Crippen LogP contribution in [-0.4, -0.2) is 63.6 Å². The maximum atomic E-state index is 14.0. The number of nitrogens with one attached hydrogen (secondary N) is 1. The monoisotopic (exact) mass is 517 g/mol. The molecule has 7 nitrogen and oxygen atoms in total. The summed E-state index contributed by atoms with van der Waals surface area (Å²) in [6.45, 7) is 9.08. The number of aliphatic hydroxyl groups is 1. The molecule has 2 N–H and O–H groups in total. The first-order valence-electron chi connectivity index (χ1n) is 12.4. The van der Waals surface area contributed by atoms with Crippen LogP contribution >= 0.6 is 23.2 Å². The van der Waals surface area contributed by atoms with E-state index in [9.17, 15) is 9.90 Å². The lowest BCUT2D eigenvalue weighted by Crippen LogP contribution is -2.53. The van der Waals surface area contributed by atoms with Gasteiger partial charge in [-0.2, -0.15) is 0 Å². The number of halogens is 2. The van der Waals surface area contributed by atoms with Crippen LogP contribution in [-0.2, 0) is 4.79 Å². The van der Waals surface area contributed by atoms with E-state index in [-0.39, 0.29) is 29.3 Å². The second kappa shape index (κ2) is 9.51. The highest BCUT2D eigenvalue weighted by Crippen LogP contribution is 2.43. The number of nitrogens with zero attached hydrogens (tertiary/aromatic N) is 4. The maximum Gasteiger partial charge on any atom is 0.231 e. The zero-order valence-electron chi connectivity index (χ0n) is 20.5. The van der Waals surface area contributed by atoms with Crippen molar-refractivity contribution in [2.24, 2.45) is 0 Å². The highest BCUT2D eigenvalue weighted by Gasteiger charge is 2.41. The molecule has 3 aliphatic rings. The third kappa shape index (κ3) is 4.76. The summed E-state index contributed by atoms with van der Waals surface area (Å²) in [7, 11) is 0. The van der Waals surface area contributed by atoms with Gasteiger partial charge in [-0.1, -0.05) is 36.2 Å². The van der Waals surface area contributed by atoms with Crippen molar-refractivity contribution in [1.29, 1.82) is 0 Å². The minimum absolute atomic E-state index is 0.00718. The van der Waals surface area contributed by atoms with Gasteiger partial charge in [-0.25, -0.2) is 9.97 Å². The zero-order chi connectivity index (χ0) is 24.9. The highest BCUT2D eigenvalue weighted by molar-refractivity contribution is 6.42. The molecule has 0 bridgehead atoms. The molecule has 188 valence electrons. The lowest BCUT2D eigenvalue weighted by molar-refractivity contribution is -0.133. The Morgan fingerprint density at radius 2 is 1.91 bits per heavy atom. The fourth-order valence-electron chi connectivity index (χ4n) is 5.95. The number of aromatic nitrogens is 2. The van der Waals surface area contributed by atoms with E-state index < -0.39 is 6.10 Å². The number of amides is 1. The number of carbonyl (C=O) groups excluding carboxylic acids is 1. The van der Waals surface area contributed by atoms with Gasteiger partial charge in [0.15, 0.2) is 0 Å². The molecule has 2 aromatic rings. The SMILES string of the molecule is C[C@@H]1C[C@@H](O)c2ncnc(N3CCN(C(=O)[C@@H](c4ccc(Cl)c(Cl)c4)[C@@H]4CCC(C)(C)N4)CC3)c21. The number of carbonyl (C=O) groups is 1. The number of anilines is 1. The van der Waals surface area contributed by atoms with Crippen molar-refractivity contribution < 1.29 is 9.90 Å². The fourth-order valence-corrected chi connectivity index (χ4v) is 6.26. The van der Waals surface area contributed by atoms with Crippen LogP contribution in [0.1, 0.15) is 74.8 Å². The van der Waals surface area contributed by atoms with E-state index in [0.29, 0.717) is 42.6 Å². The topological polar surface area (TPSA) is 81.6 Å². The van der Waals surface area contributed by atoms with Crippen molar-refractivity contribution in [3.63, 3.8) is 0 Å². The molecule has 1 aromatic heterocycles. The Morgan fingerprint density at radius 1 is 1.17 bits per heavy atom. The lowest BCUT2D eigenvalue weighted by atomic mass is 9.88. The van der Waals surface area contributed by atoms with Gasteiger partial charge in [0, 0.05) is 43.3 Å². The summed E-state index contributed by atoms with van der Waals surface area (Å²) in [5, 5.41) is 15.0. The summed E-state index contributed by atoms with van der Waals surface area (Å²) in [5.74, 6) is 0.907. The largest absolute Gasteiger partial charge is 0.387 e. The predicted molar refractivity (Wildman–Crippen MR) is 138 cm³/mol. The minimum atomic E-state index is -0.528. The molecule has 1 aromatic carbocycles. The minimum Gasteiger partial charge on any atom is -0.387 e. The highest BCUT2D eigenvalue weighted by atomic mass is 35.5. The summed E-state index contributed by atoms with van der Waals surface area (Å²) in [6, 6.07) is 5.59. The maximum absolute atomic E-state index is 14.0. The molecular formula is C26H33Cl2N5O2. The van der Waals surface area contributed by atoms with Gasteiger partial charge in [-0.05, 0) is 56.7 Å². The van der Waals surface area contributed by atoms with E-state index in [4.69, 9.17) is 23.2 Å². The van der Waals surface area contributed by atoms with Crippen LogP contribution in [0.4, 0.5) is 5.82 Å². The van der Waals surface area contributed by atoms with Gasteiger partial charge in [0.2, 0.25) is 5.91 Å². The molecule has 4 atom stereocenters. The molecule has 5 rings (SSSR count). The van der Waals surface area contributed by atoms with Gasteiger partial charge in [0.05, 0.1) is 27.8 Å². The first kappa shape index (κ1) is 24.8. The van der Waals surface area contributed by atoms with Crippen LogP contribution in [0.3, 0.4) is 0 Å². The molecule has 2 fully saturated rings. The van der Waals surface area contributed by atoms with Crippen molar-refractivity contribution in [2.45, 2.75) is 69.6 Å². The molecule has 0 spiro atoms. The van der Waals surface area contributed by atoms with E-state index in [1.54, 1.807) is 12.4 Å². The van der Waals surface area contributed by atoms with Gasteiger partial charge >= 0.3 is 0 Å². The van der Waals surface area contributed by atoms with Gasteiger partial charge in [-0.15, -0.1) is 0 Å².